The summed E-state index contributed by atoms with van der Waals surface area (Å²) in [5.41, 5.74) is 1.05. The number of amides is 2. The first-order chi connectivity index (χ1) is 11.4. The van der Waals surface area contributed by atoms with Gasteiger partial charge < -0.3 is 19.7 Å². The smallest absolute Gasteiger partial charge is 0.322 e. The Labute approximate surface area is 150 Å². The molecule has 1 N–H and O–H groups in total. The molecular weight excluding hydrogens is 348 g/mol. The molecule has 0 fully saturated rings. The van der Waals surface area contributed by atoms with E-state index in [1.807, 2.05) is 37.4 Å². The van der Waals surface area contributed by atoms with Gasteiger partial charge in [0.2, 0.25) is 0 Å². The van der Waals surface area contributed by atoms with Crippen molar-refractivity contribution in [2.24, 2.45) is 0 Å². The number of nitrogens with zero attached hydrogens (tertiary/aromatic N) is 1. The Bertz CT molecular complexity index is 760. The summed E-state index contributed by atoms with van der Waals surface area (Å²) in [7, 11) is 1.62. The fraction of sp³-hybridized carbons (Fsp3) is 0.353. The van der Waals surface area contributed by atoms with Crippen molar-refractivity contribution in [3.05, 3.63) is 39.5 Å². The lowest BCUT2D eigenvalue weighted by molar-refractivity contribution is 0.0833. The minimum absolute atomic E-state index is 0.198. The third kappa shape index (κ3) is 3.60. The molecule has 0 radical (unpaired) electrons. The topological polar surface area (TPSA) is 50.8 Å². The Kier molecular flexibility index (Phi) is 4.60. The van der Waals surface area contributed by atoms with Gasteiger partial charge in [-0.05, 0) is 37.4 Å². The number of rotatable bonds is 2. The molecule has 1 aliphatic rings. The second-order valence-corrected chi connectivity index (χ2v) is 7.75. The molecule has 0 saturated carbocycles. The zero-order valence-corrected chi connectivity index (χ0v) is 15.3. The van der Waals surface area contributed by atoms with Crippen LogP contribution in [0.25, 0.3) is 0 Å². The van der Waals surface area contributed by atoms with E-state index in [0.29, 0.717) is 23.1 Å². The molecule has 0 saturated heterocycles. The maximum Gasteiger partial charge on any atom is 0.322 e. The number of fused-ring (bicyclic) bond motifs is 1. The van der Waals surface area contributed by atoms with Crippen LogP contribution in [0.1, 0.15) is 19.4 Å². The number of urea groups is 1. The van der Waals surface area contributed by atoms with Crippen molar-refractivity contribution in [2.75, 3.05) is 19.0 Å². The van der Waals surface area contributed by atoms with Crippen LogP contribution in [0.5, 0.6) is 11.5 Å². The standard InChI is InChI=1S/C17H19ClN2O3S/c1-17(2)10-20(16(21)19-13-6-7-24-15(13)18)9-11-4-5-12(22-3)8-14(11)23-17/h4-8H,9-10H2,1-3H3,(H,19,21). The summed E-state index contributed by atoms with van der Waals surface area (Å²) in [5, 5.41) is 4.71. The maximum absolute atomic E-state index is 12.7. The lowest BCUT2D eigenvalue weighted by Crippen LogP contribution is -2.44. The second-order valence-electron chi connectivity index (χ2n) is 6.23. The zero-order valence-electron chi connectivity index (χ0n) is 13.8. The van der Waals surface area contributed by atoms with E-state index in [1.165, 1.54) is 11.3 Å². The van der Waals surface area contributed by atoms with Crippen LogP contribution in [-0.2, 0) is 6.54 Å². The quantitative estimate of drug-likeness (QED) is 0.844. The molecule has 7 heteroatoms. The largest absolute Gasteiger partial charge is 0.497 e. The maximum atomic E-state index is 12.7. The molecule has 1 aromatic heterocycles. The number of nitrogens with one attached hydrogen (secondary N) is 1. The first-order valence-electron chi connectivity index (χ1n) is 7.53. The Morgan fingerprint density at radius 1 is 1.42 bits per heavy atom. The summed E-state index contributed by atoms with van der Waals surface area (Å²) < 4.78 is 11.9. The first-order valence-corrected chi connectivity index (χ1v) is 8.78. The molecule has 3 rings (SSSR count). The van der Waals surface area contributed by atoms with E-state index in [4.69, 9.17) is 21.1 Å². The van der Waals surface area contributed by atoms with E-state index in [1.54, 1.807) is 18.1 Å². The van der Waals surface area contributed by atoms with Crippen LogP contribution in [0.3, 0.4) is 0 Å². The Hall–Kier alpha value is -1.92. The summed E-state index contributed by atoms with van der Waals surface area (Å²) in [4.78, 5) is 14.4. The van der Waals surface area contributed by atoms with Gasteiger partial charge in [-0.25, -0.2) is 4.79 Å². The van der Waals surface area contributed by atoms with E-state index >= 15 is 0 Å². The van der Waals surface area contributed by atoms with Crippen molar-refractivity contribution in [1.82, 2.24) is 4.90 Å². The third-order valence-electron chi connectivity index (χ3n) is 3.74. The monoisotopic (exact) mass is 366 g/mol. The number of thiophene rings is 1. The molecule has 0 unspecified atom stereocenters. The van der Waals surface area contributed by atoms with Crippen molar-refractivity contribution in [1.29, 1.82) is 0 Å². The van der Waals surface area contributed by atoms with Gasteiger partial charge in [-0.2, -0.15) is 0 Å². The molecule has 5 nitrogen and oxygen atoms in total. The molecule has 0 spiro atoms. The van der Waals surface area contributed by atoms with Crippen molar-refractivity contribution in [3.8, 4) is 11.5 Å². The Balaban J connectivity index is 1.86. The number of carbonyl (C=O) groups excluding carboxylic acids is 1. The average Bonchev–Trinajstić information content (AvgIpc) is 2.86. The van der Waals surface area contributed by atoms with Crippen LogP contribution >= 0.6 is 22.9 Å². The number of halogens is 1. The SMILES string of the molecule is COc1ccc2c(c1)OC(C)(C)CN(C(=O)Nc1ccsc1Cl)C2. The van der Waals surface area contributed by atoms with Crippen LogP contribution in [0.15, 0.2) is 29.6 Å². The molecule has 0 atom stereocenters. The van der Waals surface area contributed by atoms with Gasteiger partial charge in [-0.1, -0.05) is 11.6 Å². The van der Waals surface area contributed by atoms with Gasteiger partial charge in [0, 0.05) is 11.6 Å². The molecule has 0 aliphatic carbocycles. The van der Waals surface area contributed by atoms with Crippen molar-refractivity contribution in [3.63, 3.8) is 0 Å². The highest BCUT2D eigenvalue weighted by Gasteiger charge is 2.32. The van der Waals surface area contributed by atoms with Crippen molar-refractivity contribution < 1.29 is 14.3 Å². The van der Waals surface area contributed by atoms with Gasteiger partial charge in [0.25, 0.3) is 0 Å². The van der Waals surface area contributed by atoms with E-state index in [9.17, 15) is 4.79 Å². The molecule has 128 valence electrons. The third-order valence-corrected chi connectivity index (χ3v) is 4.91. The van der Waals surface area contributed by atoms with Crippen molar-refractivity contribution in [2.45, 2.75) is 26.0 Å². The molecule has 1 aromatic carbocycles. The van der Waals surface area contributed by atoms with Gasteiger partial charge in [0.1, 0.15) is 21.4 Å². The minimum Gasteiger partial charge on any atom is -0.497 e. The summed E-state index contributed by atoms with van der Waals surface area (Å²) in [6.45, 7) is 4.83. The van der Waals surface area contributed by atoms with E-state index in [-0.39, 0.29) is 6.03 Å². The van der Waals surface area contributed by atoms with Crippen molar-refractivity contribution >= 4 is 34.7 Å². The highest BCUT2D eigenvalue weighted by Crippen LogP contribution is 2.33. The fourth-order valence-corrected chi connectivity index (χ4v) is 3.49. The van der Waals surface area contributed by atoms with E-state index < -0.39 is 5.60 Å². The predicted octanol–water partition coefficient (Wildman–Crippen LogP) is 4.62. The highest BCUT2D eigenvalue weighted by molar-refractivity contribution is 7.15. The van der Waals surface area contributed by atoms with Crippen LogP contribution in [-0.4, -0.2) is 30.2 Å². The van der Waals surface area contributed by atoms with Gasteiger partial charge in [-0.15, -0.1) is 11.3 Å². The van der Waals surface area contributed by atoms with Crippen LogP contribution < -0.4 is 14.8 Å². The normalized spacial score (nSPS) is 15.9. The van der Waals surface area contributed by atoms with Gasteiger partial charge >= 0.3 is 6.03 Å². The lowest BCUT2D eigenvalue weighted by Gasteiger charge is -2.29. The fourth-order valence-electron chi connectivity index (χ4n) is 2.66. The summed E-state index contributed by atoms with van der Waals surface area (Å²) >= 11 is 7.46. The van der Waals surface area contributed by atoms with Gasteiger partial charge in [0.05, 0.1) is 25.9 Å². The second kappa shape index (κ2) is 6.53. The predicted molar refractivity (Wildman–Crippen MR) is 96.5 cm³/mol. The van der Waals surface area contributed by atoms with Crippen LogP contribution in [0, 0.1) is 0 Å². The zero-order chi connectivity index (χ0) is 17.3. The highest BCUT2D eigenvalue weighted by atomic mass is 35.5. The number of anilines is 1. The first kappa shape index (κ1) is 16.9. The number of hydrogen-bond acceptors (Lipinski definition) is 4. The number of hydrogen-bond donors (Lipinski definition) is 1. The van der Waals surface area contributed by atoms with Gasteiger partial charge in [-0.3, -0.25) is 0 Å². The minimum atomic E-state index is -0.520. The summed E-state index contributed by atoms with van der Waals surface area (Å²) in [6.07, 6.45) is 0. The summed E-state index contributed by atoms with van der Waals surface area (Å²) in [5.74, 6) is 1.47. The van der Waals surface area contributed by atoms with E-state index in [2.05, 4.69) is 5.32 Å². The number of methoxy groups -OCH3 is 1. The number of carbonyl (C=O) groups is 1. The Morgan fingerprint density at radius 3 is 2.88 bits per heavy atom. The molecule has 0 bridgehead atoms. The van der Waals surface area contributed by atoms with Crippen LogP contribution in [0.4, 0.5) is 10.5 Å². The molecule has 1 aliphatic heterocycles. The summed E-state index contributed by atoms with van der Waals surface area (Å²) in [6, 6.07) is 7.24. The molecule has 2 amide bonds. The number of ether oxygens (including phenoxy) is 2. The molecule has 24 heavy (non-hydrogen) atoms. The molecule has 2 aromatic rings. The lowest BCUT2D eigenvalue weighted by atomic mass is 10.1. The average molecular weight is 367 g/mol. The number of benzene rings is 1. The van der Waals surface area contributed by atoms with E-state index in [0.717, 1.165) is 17.1 Å². The van der Waals surface area contributed by atoms with Gasteiger partial charge in [0.15, 0.2) is 0 Å². The molecule has 2 heterocycles. The Morgan fingerprint density at radius 2 is 2.21 bits per heavy atom. The molecular formula is C17H19ClN2O3S. The van der Waals surface area contributed by atoms with Crippen LogP contribution in [0.2, 0.25) is 4.34 Å².